The number of rotatable bonds is 8. The van der Waals surface area contributed by atoms with Crippen LogP contribution < -0.4 is 5.32 Å². The molecule has 0 heterocycles. The highest BCUT2D eigenvalue weighted by Gasteiger charge is 2.22. The maximum Gasteiger partial charge on any atom is 0.328 e. The van der Waals surface area contributed by atoms with Crippen LogP contribution in [-0.2, 0) is 9.53 Å². The molecule has 0 aromatic rings. The molecule has 1 atom stereocenters. The predicted octanol–water partition coefficient (Wildman–Crippen LogP) is 1.71. The molecule has 0 saturated heterocycles. The van der Waals surface area contributed by atoms with Crippen LogP contribution in [0.1, 0.15) is 19.8 Å². The molecule has 0 saturated carbocycles. The summed E-state index contributed by atoms with van der Waals surface area (Å²) in [5, 5.41) is 2.64. The molecule has 5 nitrogen and oxygen atoms in total. The minimum absolute atomic E-state index is 0.293. The van der Waals surface area contributed by atoms with Gasteiger partial charge in [-0.25, -0.2) is 9.59 Å². The Hall–Kier alpha value is -1.78. The highest BCUT2D eigenvalue weighted by Crippen LogP contribution is 2.02. The Morgan fingerprint density at radius 3 is 2.56 bits per heavy atom. The second kappa shape index (κ2) is 9.27. The first-order valence-electron chi connectivity index (χ1n) is 5.96. The molecular formula is C13H22N2O3. The highest BCUT2D eigenvalue weighted by atomic mass is 16.5. The van der Waals surface area contributed by atoms with Crippen molar-refractivity contribution in [2.24, 2.45) is 0 Å². The van der Waals surface area contributed by atoms with Crippen molar-refractivity contribution in [2.45, 2.75) is 25.8 Å². The summed E-state index contributed by atoms with van der Waals surface area (Å²) in [6.45, 7) is 9.59. The largest absolute Gasteiger partial charge is 0.464 e. The normalized spacial score (nSPS) is 11.2. The molecule has 102 valence electrons. The van der Waals surface area contributed by atoms with Gasteiger partial charge in [0, 0.05) is 13.6 Å². The fourth-order valence-corrected chi connectivity index (χ4v) is 1.31. The molecule has 0 bridgehead atoms. The van der Waals surface area contributed by atoms with Gasteiger partial charge in [0.1, 0.15) is 6.04 Å². The quantitative estimate of drug-likeness (QED) is 0.530. The third-order valence-electron chi connectivity index (χ3n) is 2.28. The summed E-state index contributed by atoms with van der Waals surface area (Å²) in [5.41, 5.74) is 0. The zero-order valence-electron chi connectivity index (χ0n) is 11.1. The number of hydrogen-bond acceptors (Lipinski definition) is 3. The lowest BCUT2D eigenvalue weighted by atomic mass is 10.1. The Bertz CT molecular complexity index is 303. The number of urea groups is 1. The van der Waals surface area contributed by atoms with Gasteiger partial charge in [-0.2, -0.15) is 0 Å². The second-order valence-electron chi connectivity index (χ2n) is 3.79. The fraction of sp³-hybridized carbons (Fsp3) is 0.538. The number of likely N-dealkylation sites (N-methyl/N-ethyl adjacent to an activating group) is 1. The van der Waals surface area contributed by atoms with E-state index in [1.807, 2.05) is 0 Å². The zero-order valence-corrected chi connectivity index (χ0v) is 11.1. The number of esters is 1. The number of allylic oxidation sites excluding steroid dienone is 1. The molecule has 0 rings (SSSR count). The van der Waals surface area contributed by atoms with E-state index in [-0.39, 0.29) is 6.03 Å². The average Bonchev–Trinajstić information content (AvgIpc) is 2.34. The minimum Gasteiger partial charge on any atom is -0.464 e. The fourth-order valence-electron chi connectivity index (χ4n) is 1.31. The zero-order chi connectivity index (χ0) is 14.0. The first-order valence-corrected chi connectivity index (χ1v) is 5.96. The summed E-state index contributed by atoms with van der Waals surface area (Å²) in [7, 11) is 1.63. The van der Waals surface area contributed by atoms with Crippen molar-refractivity contribution < 1.29 is 14.3 Å². The summed E-state index contributed by atoms with van der Waals surface area (Å²) < 4.78 is 4.92. The smallest absolute Gasteiger partial charge is 0.328 e. The number of carbonyl (C=O) groups is 2. The van der Waals surface area contributed by atoms with Crippen molar-refractivity contribution in [2.75, 3.05) is 20.2 Å². The number of nitrogens with one attached hydrogen (secondary N) is 1. The van der Waals surface area contributed by atoms with E-state index in [0.717, 1.165) is 0 Å². The SMILES string of the molecule is C=CCCC(NC(=O)N(C)CC=C)C(=O)OCC. The number of hydrogen-bond donors (Lipinski definition) is 1. The van der Waals surface area contributed by atoms with Gasteiger partial charge in [0.25, 0.3) is 0 Å². The van der Waals surface area contributed by atoms with Gasteiger partial charge in [-0.15, -0.1) is 13.2 Å². The van der Waals surface area contributed by atoms with Gasteiger partial charge in [-0.05, 0) is 19.8 Å². The van der Waals surface area contributed by atoms with Crippen LogP contribution in [0.3, 0.4) is 0 Å². The van der Waals surface area contributed by atoms with Crippen LogP contribution in [0.5, 0.6) is 0 Å². The van der Waals surface area contributed by atoms with Crippen molar-refractivity contribution in [1.29, 1.82) is 0 Å². The van der Waals surface area contributed by atoms with Crippen LogP contribution in [0.2, 0.25) is 0 Å². The van der Waals surface area contributed by atoms with E-state index in [0.29, 0.717) is 26.0 Å². The second-order valence-corrected chi connectivity index (χ2v) is 3.79. The van der Waals surface area contributed by atoms with E-state index in [1.54, 1.807) is 26.1 Å². The lowest BCUT2D eigenvalue weighted by Crippen LogP contribution is -2.47. The molecular weight excluding hydrogens is 232 g/mol. The molecule has 18 heavy (non-hydrogen) atoms. The summed E-state index contributed by atoms with van der Waals surface area (Å²) >= 11 is 0. The third-order valence-corrected chi connectivity index (χ3v) is 2.28. The van der Waals surface area contributed by atoms with Crippen molar-refractivity contribution in [3.63, 3.8) is 0 Å². The van der Waals surface area contributed by atoms with Gasteiger partial charge in [-0.1, -0.05) is 12.2 Å². The van der Waals surface area contributed by atoms with E-state index in [9.17, 15) is 9.59 Å². The van der Waals surface area contributed by atoms with Crippen molar-refractivity contribution >= 4 is 12.0 Å². The van der Waals surface area contributed by atoms with E-state index >= 15 is 0 Å². The summed E-state index contributed by atoms with van der Waals surface area (Å²) in [5.74, 6) is -0.417. The molecule has 0 aliphatic carbocycles. The summed E-state index contributed by atoms with van der Waals surface area (Å²) in [6.07, 6.45) is 4.43. The molecule has 0 spiro atoms. The Balaban J connectivity index is 4.46. The van der Waals surface area contributed by atoms with Gasteiger partial charge in [0.15, 0.2) is 0 Å². The summed E-state index contributed by atoms with van der Waals surface area (Å²) in [6, 6.07) is -0.959. The van der Waals surface area contributed by atoms with Crippen LogP contribution >= 0.6 is 0 Å². The maximum atomic E-state index is 11.7. The van der Waals surface area contributed by atoms with Crippen LogP contribution in [-0.4, -0.2) is 43.1 Å². The van der Waals surface area contributed by atoms with Gasteiger partial charge >= 0.3 is 12.0 Å². The monoisotopic (exact) mass is 254 g/mol. The molecule has 0 fully saturated rings. The van der Waals surface area contributed by atoms with E-state index in [4.69, 9.17) is 4.74 Å². The van der Waals surface area contributed by atoms with Crippen LogP contribution in [0.15, 0.2) is 25.3 Å². The first-order chi connectivity index (χ1) is 8.56. The van der Waals surface area contributed by atoms with Gasteiger partial charge in [-0.3, -0.25) is 0 Å². The predicted molar refractivity (Wildman–Crippen MR) is 71.2 cm³/mol. The molecule has 0 aromatic heterocycles. The van der Waals surface area contributed by atoms with Crippen molar-refractivity contribution in [3.05, 3.63) is 25.3 Å². The van der Waals surface area contributed by atoms with Gasteiger partial charge in [0.2, 0.25) is 0 Å². The minimum atomic E-state index is -0.636. The molecule has 1 N–H and O–H groups in total. The Morgan fingerprint density at radius 2 is 2.06 bits per heavy atom. The molecule has 0 aliphatic rings. The van der Waals surface area contributed by atoms with E-state index < -0.39 is 12.0 Å². The third kappa shape index (κ3) is 6.08. The Kier molecular flexibility index (Phi) is 8.35. The summed E-state index contributed by atoms with van der Waals surface area (Å²) in [4.78, 5) is 24.8. The Labute approximate surface area is 108 Å². The number of carbonyl (C=O) groups excluding carboxylic acids is 2. The molecule has 1 unspecified atom stereocenters. The first kappa shape index (κ1) is 16.2. The van der Waals surface area contributed by atoms with Crippen LogP contribution in [0.25, 0.3) is 0 Å². The molecule has 2 amide bonds. The maximum absolute atomic E-state index is 11.7. The number of nitrogens with zero attached hydrogens (tertiary/aromatic N) is 1. The van der Waals surface area contributed by atoms with Crippen molar-refractivity contribution in [1.82, 2.24) is 10.2 Å². The topological polar surface area (TPSA) is 58.6 Å². The number of ether oxygens (including phenoxy) is 1. The van der Waals surface area contributed by atoms with Gasteiger partial charge < -0.3 is 15.0 Å². The van der Waals surface area contributed by atoms with Crippen molar-refractivity contribution in [3.8, 4) is 0 Å². The van der Waals surface area contributed by atoms with Crippen LogP contribution in [0, 0.1) is 0 Å². The molecule has 0 radical (unpaired) electrons. The highest BCUT2D eigenvalue weighted by molar-refractivity contribution is 5.83. The number of amides is 2. The lowest BCUT2D eigenvalue weighted by molar-refractivity contribution is -0.145. The molecule has 5 heteroatoms. The Morgan fingerprint density at radius 1 is 1.39 bits per heavy atom. The van der Waals surface area contributed by atoms with E-state index in [1.165, 1.54) is 4.90 Å². The standard InChI is InChI=1S/C13H22N2O3/c1-5-8-9-11(12(16)18-7-3)14-13(17)15(4)10-6-2/h5-6,11H,1-2,7-10H2,3-4H3,(H,14,17). The average molecular weight is 254 g/mol. The van der Waals surface area contributed by atoms with Crippen LogP contribution in [0.4, 0.5) is 4.79 Å². The molecule has 0 aliphatic heterocycles. The van der Waals surface area contributed by atoms with E-state index in [2.05, 4.69) is 18.5 Å². The van der Waals surface area contributed by atoms with Gasteiger partial charge in [0.05, 0.1) is 6.61 Å². The lowest BCUT2D eigenvalue weighted by Gasteiger charge is -2.21. The molecule has 0 aromatic carbocycles.